The summed E-state index contributed by atoms with van der Waals surface area (Å²) in [7, 11) is -5.39. The molecule has 0 saturated carbocycles. The quantitative estimate of drug-likeness (QED) is 0.328. The van der Waals surface area contributed by atoms with Crippen LogP contribution in [0, 0.1) is 0 Å². The summed E-state index contributed by atoms with van der Waals surface area (Å²) in [6.45, 7) is 0. The zero-order valence-corrected chi connectivity index (χ0v) is 7.18. The molecule has 0 amide bonds. The molecular weight excluding hydrogens is 210 g/mol. The van der Waals surface area contributed by atoms with Crippen molar-refractivity contribution < 1.29 is 36.0 Å². The van der Waals surface area contributed by atoms with Crippen LogP contribution in [0.25, 0.3) is 0 Å². The molecule has 0 bridgehead atoms. The SMILES string of the molecule is N.N.N.N.O=P([O-])([O-])[O-].[Co+3]. The molecule has 0 aliphatic heterocycles. The summed E-state index contributed by atoms with van der Waals surface area (Å²) < 4.78 is 8.55. The maximum Gasteiger partial charge on any atom is 3.00 e. The molecule has 0 heterocycles. The topological polar surface area (TPSA) is 226 Å². The molecule has 0 aromatic rings. The molecule has 0 spiro atoms. The van der Waals surface area contributed by atoms with Crippen molar-refractivity contribution in [3.05, 3.63) is 0 Å². The van der Waals surface area contributed by atoms with Gasteiger partial charge in [0.1, 0.15) is 0 Å². The van der Waals surface area contributed by atoms with E-state index < -0.39 is 7.82 Å². The van der Waals surface area contributed by atoms with Gasteiger partial charge < -0.3 is 43.8 Å². The maximum absolute atomic E-state index is 8.55. The zero-order valence-electron chi connectivity index (χ0n) is 5.24. The van der Waals surface area contributed by atoms with E-state index in [-0.39, 0.29) is 41.4 Å². The average molecular weight is 222 g/mol. The van der Waals surface area contributed by atoms with Crippen molar-refractivity contribution in [2.45, 2.75) is 0 Å². The molecule has 70 valence electrons. The van der Waals surface area contributed by atoms with Gasteiger partial charge >= 0.3 is 16.8 Å². The second-order valence-electron chi connectivity index (χ2n) is 0.447. The maximum atomic E-state index is 8.55. The van der Waals surface area contributed by atoms with E-state index in [0.717, 1.165) is 0 Å². The summed E-state index contributed by atoms with van der Waals surface area (Å²) in [6, 6.07) is 0. The third-order valence-corrected chi connectivity index (χ3v) is 0. The Kier molecular flexibility index (Phi) is 76.4. The van der Waals surface area contributed by atoms with Gasteiger partial charge in [-0.05, 0) is 0 Å². The van der Waals surface area contributed by atoms with E-state index in [4.69, 9.17) is 19.2 Å². The van der Waals surface area contributed by atoms with Crippen molar-refractivity contribution >= 4 is 7.82 Å². The van der Waals surface area contributed by atoms with Gasteiger partial charge in [-0.1, -0.05) is 0 Å². The molecule has 10 heteroatoms. The van der Waals surface area contributed by atoms with E-state index in [2.05, 4.69) is 0 Å². The fraction of sp³-hybridized carbons (Fsp3) is 0. The standard InChI is InChI=1S/Co.4H3N.H3O4P/c;;;;;1-5(2,3)4/h;4*1H3;(H3,1,2,3,4)/q+3;;;;;/p-3. The molecule has 12 N–H and O–H groups in total. The van der Waals surface area contributed by atoms with Crippen LogP contribution in [-0.2, 0) is 21.3 Å². The molecule has 0 atom stereocenters. The van der Waals surface area contributed by atoms with Crippen molar-refractivity contribution in [2.24, 2.45) is 0 Å². The molecule has 0 rings (SSSR count). The fourth-order valence-corrected chi connectivity index (χ4v) is 0. The van der Waals surface area contributed by atoms with E-state index in [1.165, 1.54) is 0 Å². The summed E-state index contributed by atoms with van der Waals surface area (Å²) in [5, 5.41) is 0. The van der Waals surface area contributed by atoms with Crippen LogP contribution in [-0.4, -0.2) is 0 Å². The first-order chi connectivity index (χ1) is 2.00. The Morgan fingerprint density at radius 3 is 0.800 bits per heavy atom. The second kappa shape index (κ2) is 16.2. The second-order valence-corrected chi connectivity index (χ2v) is 1.34. The summed E-state index contributed by atoms with van der Waals surface area (Å²) >= 11 is 0. The molecule has 0 aliphatic rings. The van der Waals surface area contributed by atoms with Gasteiger partial charge in [-0.15, -0.1) is 0 Å². The van der Waals surface area contributed by atoms with Gasteiger partial charge in [0.15, 0.2) is 0 Å². The van der Waals surface area contributed by atoms with E-state index in [1.807, 2.05) is 0 Å². The zero-order chi connectivity index (χ0) is 4.50. The Labute approximate surface area is 69.2 Å². The largest absolute Gasteiger partial charge is 3.00 e. The van der Waals surface area contributed by atoms with E-state index in [0.29, 0.717) is 0 Å². The number of phosphoric acid groups is 1. The Morgan fingerprint density at radius 1 is 0.800 bits per heavy atom. The van der Waals surface area contributed by atoms with Crippen LogP contribution in [0.5, 0.6) is 0 Å². The van der Waals surface area contributed by atoms with Crippen molar-refractivity contribution in [1.29, 1.82) is 0 Å². The normalized spacial score (nSPS) is 5.90. The molecule has 0 aromatic heterocycles. The minimum atomic E-state index is -5.39. The van der Waals surface area contributed by atoms with Crippen molar-refractivity contribution in [2.75, 3.05) is 0 Å². The third-order valence-electron chi connectivity index (χ3n) is 0. The van der Waals surface area contributed by atoms with Crippen molar-refractivity contribution in [1.82, 2.24) is 24.6 Å². The van der Waals surface area contributed by atoms with Gasteiger partial charge in [0.05, 0.1) is 0 Å². The van der Waals surface area contributed by atoms with Crippen LogP contribution in [0.2, 0.25) is 0 Å². The smallest absolute Gasteiger partial charge is 0.822 e. The molecule has 0 saturated heterocycles. The summed E-state index contributed by atoms with van der Waals surface area (Å²) in [5.41, 5.74) is 0. The van der Waals surface area contributed by atoms with Crippen LogP contribution in [0.4, 0.5) is 0 Å². The first-order valence-electron chi connectivity index (χ1n) is 0.730. The van der Waals surface area contributed by atoms with E-state index in [9.17, 15) is 0 Å². The molecule has 0 fully saturated rings. The molecule has 0 aromatic carbocycles. The minimum absolute atomic E-state index is 0. The van der Waals surface area contributed by atoms with Gasteiger partial charge in [-0.2, -0.15) is 7.82 Å². The van der Waals surface area contributed by atoms with Gasteiger partial charge in [0.25, 0.3) is 0 Å². The van der Waals surface area contributed by atoms with E-state index in [1.54, 1.807) is 0 Å². The Hall–Kier alpha value is 0.456. The van der Waals surface area contributed by atoms with Gasteiger partial charge in [0.2, 0.25) is 0 Å². The fourth-order valence-electron chi connectivity index (χ4n) is 0. The monoisotopic (exact) mass is 222 g/mol. The first kappa shape index (κ1) is 47.1. The van der Waals surface area contributed by atoms with Crippen LogP contribution < -0.4 is 39.3 Å². The van der Waals surface area contributed by atoms with Gasteiger partial charge in [-0.25, -0.2) is 0 Å². The van der Waals surface area contributed by atoms with Gasteiger partial charge in [-0.3, -0.25) is 0 Å². The van der Waals surface area contributed by atoms with E-state index >= 15 is 0 Å². The summed E-state index contributed by atoms with van der Waals surface area (Å²) in [6.07, 6.45) is 0. The van der Waals surface area contributed by atoms with Crippen molar-refractivity contribution in [3.8, 4) is 0 Å². The number of hydrogen-bond acceptors (Lipinski definition) is 8. The molecular formula is H12CoN4O4P. The minimum Gasteiger partial charge on any atom is -0.822 e. The Morgan fingerprint density at radius 2 is 0.800 bits per heavy atom. The van der Waals surface area contributed by atoms with Crippen LogP contribution in [0.1, 0.15) is 0 Å². The molecule has 0 aliphatic carbocycles. The van der Waals surface area contributed by atoms with Crippen LogP contribution in [0.3, 0.4) is 0 Å². The predicted octanol–water partition coefficient (Wildman–Crippen LogP) is -2.18. The van der Waals surface area contributed by atoms with Crippen LogP contribution in [0.15, 0.2) is 0 Å². The first-order valence-corrected chi connectivity index (χ1v) is 2.19. The van der Waals surface area contributed by atoms with Gasteiger partial charge in [0, 0.05) is 0 Å². The Bertz CT molecular complexity index is 63.4. The molecule has 0 radical (unpaired) electrons. The predicted molar refractivity (Wildman–Crippen MR) is 27.7 cm³/mol. The third kappa shape index (κ3) is 2260. The van der Waals surface area contributed by atoms with Crippen LogP contribution >= 0.6 is 7.82 Å². The molecule has 8 nitrogen and oxygen atoms in total. The number of hydrogen-bond donors (Lipinski definition) is 4. The molecule has 0 unspecified atom stereocenters. The average Bonchev–Trinajstić information content (AvgIpc) is 0.722. The summed E-state index contributed by atoms with van der Waals surface area (Å²) in [5.74, 6) is 0. The summed E-state index contributed by atoms with van der Waals surface area (Å²) in [4.78, 5) is 25.6. The molecule has 10 heavy (non-hydrogen) atoms. The Balaban J connectivity index is -0.00000000800. The van der Waals surface area contributed by atoms with Crippen molar-refractivity contribution in [3.63, 3.8) is 0 Å². The number of rotatable bonds is 0.